The largest absolute Gasteiger partial charge is 0.591 e. The molecular formula is C13H16F4N2OS. The number of benzene rings is 1. The first-order valence-corrected chi connectivity index (χ1v) is 7.13. The molecule has 0 aliphatic heterocycles. The number of halogens is 4. The van der Waals surface area contributed by atoms with Crippen LogP contribution >= 0.6 is 0 Å². The molecule has 0 saturated heterocycles. The smallest absolute Gasteiger partial charge is 0.419 e. The van der Waals surface area contributed by atoms with Crippen molar-refractivity contribution in [2.75, 3.05) is 5.73 Å². The van der Waals surface area contributed by atoms with Crippen LogP contribution in [-0.4, -0.2) is 15.5 Å². The molecule has 0 radical (unpaired) electrons. The standard InChI is InChI=1S/C13H16F4N2OS/c1-12(2,3)21(20)19-5-4-8-6-9(18)7-10(11(8)14)13(15,16)17/h5-7H,4,18H2,1-3H3. The van der Waals surface area contributed by atoms with Gasteiger partial charge in [-0.05, 0) is 38.5 Å². The first-order chi connectivity index (χ1) is 9.43. The lowest BCUT2D eigenvalue weighted by atomic mass is 10.1. The van der Waals surface area contributed by atoms with Gasteiger partial charge < -0.3 is 10.3 Å². The van der Waals surface area contributed by atoms with Crippen molar-refractivity contribution in [3.05, 3.63) is 29.1 Å². The summed E-state index contributed by atoms with van der Waals surface area (Å²) in [5.74, 6) is -1.38. The highest BCUT2D eigenvalue weighted by atomic mass is 32.2. The third kappa shape index (κ3) is 4.89. The second kappa shape index (κ2) is 6.23. The Balaban J connectivity index is 3.00. The van der Waals surface area contributed by atoms with Crippen LogP contribution in [0.2, 0.25) is 0 Å². The molecule has 118 valence electrons. The van der Waals surface area contributed by atoms with E-state index >= 15 is 0 Å². The average Bonchev–Trinajstić information content (AvgIpc) is 2.30. The molecule has 0 amide bonds. The summed E-state index contributed by atoms with van der Waals surface area (Å²) in [4.78, 5) is 0. The van der Waals surface area contributed by atoms with Gasteiger partial charge in [-0.25, -0.2) is 4.39 Å². The van der Waals surface area contributed by atoms with Crippen LogP contribution in [0.1, 0.15) is 31.9 Å². The van der Waals surface area contributed by atoms with Gasteiger partial charge >= 0.3 is 6.18 Å². The molecule has 0 heterocycles. The van der Waals surface area contributed by atoms with Gasteiger partial charge in [-0.1, -0.05) is 4.40 Å². The number of hydrogen-bond acceptors (Lipinski definition) is 3. The molecule has 3 nitrogen and oxygen atoms in total. The Hall–Kier alpha value is -1.28. The number of rotatable bonds is 3. The number of nitrogen functional groups attached to an aromatic ring is 1. The fraction of sp³-hybridized carbons (Fsp3) is 0.462. The van der Waals surface area contributed by atoms with Crippen LogP contribution in [0.4, 0.5) is 23.2 Å². The van der Waals surface area contributed by atoms with Gasteiger partial charge in [0, 0.05) is 12.1 Å². The van der Waals surface area contributed by atoms with Crippen LogP contribution in [0.25, 0.3) is 0 Å². The molecule has 1 aromatic rings. The van der Waals surface area contributed by atoms with Crippen LogP contribution in [-0.2, 0) is 24.0 Å². The summed E-state index contributed by atoms with van der Waals surface area (Å²) in [6, 6.07) is 1.65. The zero-order chi connectivity index (χ0) is 16.4. The lowest BCUT2D eigenvalue weighted by Crippen LogP contribution is -2.25. The number of nitrogens with two attached hydrogens (primary N) is 1. The Morgan fingerprint density at radius 1 is 1.29 bits per heavy atom. The van der Waals surface area contributed by atoms with E-state index in [9.17, 15) is 22.1 Å². The van der Waals surface area contributed by atoms with Gasteiger partial charge in [-0.2, -0.15) is 13.2 Å². The van der Waals surface area contributed by atoms with Gasteiger partial charge in [-0.15, -0.1) is 0 Å². The highest BCUT2D eigenvalue weighted by Crippen LogP contribution is 2.34. The van der Waals surface area contributed by atoms with Gasteiger partial charge in [0.2, 0.25) is 0 Å². The van der Waals surface area contributed by atoms with E-state index in [2.05, 4.69) is 4.40 Å². The van der Waals surface area contributed by atoms with Crippen LogP contribution in [0.5, 0.6) is 0 Å². The summed E-state index contributed by atoms with van der Waals surface area (Å²) in [5, 5.41) is 0. The minimum Gasteiger partial charge on any atom is -0.591 e. The summed E-state index contributed by atoms with van der Waals surface area (Å²) < 4.78 is 66.5. The third-order valence-corrected chi connectivity index (χ3v) is 3.87. The summed E-state index contributed by atoms with van der Waals surface area (Å²) in [6.07, 6.45) is -3.90. The Kier molecular flexibility index (Phi) is 5.27. The zero-order valence-electron chi connectivity index (χ0n) is 11.8. The summed E-state index contributed by atoms with van der Waals surface area (Å²) in [5.41, 5.74) is 3.51. The van der Waals surface area contributed by atoms with Crippen molar-refractivity contribution in [1.29, 1.82) is 0 Å². The predicted octanol–water partition coefficient (Wildman–Crippen LogP) is 3.50. The lowest BCUT2D eigenvalue weighted by Gasteiger charge is -2.17. The topological polar surface area (TPSA) is 61.4 Å². The van der Waals surface area contributed by atoms with Crippen LogP contribution in [0.3, 0.4) is 0 Å². The molecule has 0 fully saturated rings. The van der Waals surface area contributed by atoms with E-state index in [4.69, 9.17) is 5.73 Å². The molecule has 1 rings (SSSR count). The third-order valence-electron chi connectivity index (χ3n) is 2.48. The normalized spacial score (nSPS) is 14.7. The van der Waals surface area contributed by atoms with Crippen molar-refractivity contribution < 1.29 is 22.1 Å². The molecule has 0 aromatic heterocycles. The maximum atomic E-state index is 13.8. The van der Waals surface area contributed by atoms with E-state index in [0.29, 0.717) is 6.07 Å². The quantitative estimate of drug-likeness (QED) is 0.400. The zero-order valence-corrected chi connectivity index (χ0v) is 12.6. The minimum atomic E-state index is -4.82. The molecule has 2 N–H and O–H groups in total. The maximum absolute atomic E-state index is 13.8. The van der Waals surface area contributed by atoms with Gasteiger partial charge in [-0.3, -0.25) is 0 Å². The first kappa shape index (κ1) is 17.8. The Bertz CT molecular complexity index is 538. The summed E-state index contributed by atoms with van der Waals surface area (Å²) in [6.45, 7) is 5.09. The van der Waals surface area contributed by atoms with E-state index in [-0.39, 0.29) is 17.7 Å². The van der Waals surface area contributed by atoms with E-state index in [1.807, 2.05) is 0 Å². The number of alkyl halides is 3. The number of nitrogens with zero attached hydrogens (tertiary/aromatic N) is 1. The van der Waals surface area contributed by atoms with E-state index in [1.54, 1.807) is 20.8 Å². The molecule has 0 bridgehead atoms. The molecular weight excluding hydrogens is 308 g/mol. The summed E-state index contributed by atoms with van der Waals surface area (Å²) >= 11 is -1.55. The molecule has 0 aliphatic rings. The van der Waals surface area contributed by atoms with Crippen LogP contribution in [0, 0.1) is 5.82 Å². The highest BCUT2D eigenvalue weighted by Gasteiger charge is 2.35. The van der Waals surface area contributed by atoms with Crippen molar-refractivity contribution in [1.82, 2.24) is 0 Å². The van der Waals surface area contributed by atoms with Gasteiger partial charge in [0.05, 0.1) is 11.8 Å². The molecule has 0 aliphatic carbocycles. The van der Waals surface area contributed by atoms with Crippen molar-refractivity contribution >= 4 is 23.3 Å². The molecule has 0 saturated carbocycles. The predicted molar refractivity (Wildman–Crippen MR) is 75.9 cm³/mol. The highest BCUT2D eigenvalue weighted by molar-refractivity contribution is 7.91. The Labute approximate surface area is 123 Å². The number of anilines is 1. The van der Waals surface area contributed by atoms with Crippen LogP contribution in [0.15, 0.2) is 16.5 Å². The van der Waals surface area contributed by atoms with E-state index in [1.165, 1.54) is 0 Å². The minimum absolute atomic E-state index is 0.191. The molecule has 1 aromatic carbocycles. The molecule has 21 heavy (non-hydrogen) atoms. The fourth-order valence-corrected chi connectivity index (χ4v) is 1.95. The second-order valence-corrected chi connectivity index (χ2v) is 7.33. The van der Waals surface area contributed by atoms with Crippen molar-refractivity contribution in [3.8, 4) is 0 Å². The molecule has 1 unspecified atom stereocenters. The van der Waals surface area contributed by atoms with Gasteiger partial charge in [0.25, 0.3) is 0 Å². The molecule has 8 heteroatoms. The van der Waals surface area contributed by atoms with Crippen molar-refractivity contribution in [3.63, 3.8) is 0 Å². The van der Waals surface area contributed by atoms with Crippen molar-refractivity contribution in [2.45, 2.75) is 38.1 Å². The SMILES string of the molecule is CC(C)(C)[S+]([O-])N=CCc1cc(N)cc(C(F)(F)F)c1F. The summed E-state index contributed by atoms with van der Waals surface area (Å²) in [7, 11) is 0. The fourth-order valence-electron chi connectivity index (χ4n) is 1.43. The maximum Gasteiger partial charge on any atom is 0.419 e. The Morgan fingerprint density at radius 2 is 1.86 bits per heavy atom. The average molecular weight is 324 g/mol. The second-order valence-electron chi connectivity index (χ2n) is 5.39. The first-order valence-electron chi connectivity index (χ1n) is 6.02. The number of hydrogen-bond donors (Lipinski definition) is 1. The van der Waals surface area contributed by atoms with Crippen molar-refractivity contribution in [2.24, 2.45) is 4.40 Å². The van der Waals surface area contributed by atoms with Gasteiger partial charge in [0.1, 0.15) is 21.9 Å². The molecule has 1 atom stereocenters. The van der Waals surface area contributed by atoms with E-state index < -0.39 is 33.7 Å². The monoisotopic (exact) mass is 324 g/mol. The Morgan fingerprint density at radius 3 is 2.33 bits per heavy atom. The van der Waals surface area contributed by atoms with Gasteiger partial charge in [0.15, 0.2) is 0 Å². The molecule has 0 spiro atoms. The van der Waals surface area contributed by atoms with Crippen LogP contribution < -0.4 is 5.73 Å². The van der Waals surface area contributed by atoms with E-state index in [0.717, 1.165) is 12.3 Å². The lowest BCUT2D eigenvalue weighted by molar-refractivity contribution is -0.140.